The van der Waals surface area contributed by atoms with E-state index in [-0.39, 0.29) is 11.4 Å². The smallest absolute Gasteiger partial charge is 0.220 e. The predicted octanol–water partition coefficient (Wildman–Crippen LogP) is 1.42. The van der Waals surface area contributed by atoms with Crippen LogP contribution in [0.2, 0.25) is 0 Å². The first kappa shape index (κ1) is 11.5. The van der Waals surface area contributed by atoms with E-state index in [4.69, 9.17) is 5.73 Å². The van der Waals surface area contributed by atoms with Crippen LogP contribution >= 0.6 is 0 Å². The van der Waals surface area contributed by atoms with E-state index in [9.17, 15) is 4.79 Å². The minimum Gasteiger partial charge on any atom is -0.356 e. The van der Waals surface area contributed by atoms with Crippen molar-refractivity contribution in [2.75, 3.05) is 6.54 Å². The molecule has 1 amide bonds. The second-order valence-electron chi connectivity index (χ2n) is 5.58. The van der Waals surface area contributed by atoms with Crippen LogP contribution in [-0.4, -0.2) is 18.0 Å². The van der Waals surface area contributed by atoms with Crippen LogP contribution in [0.1, 0.15) is 46.5 Å². The SMILES string of the molecule is CC(C)(N)CCC(=O)NCC1(C)CC1. The van der Waals surface area contributed by atoms with Crippen LogP contribution in [0.3, 0.4) is 0 Å². The molecule has 1 rings (SSSR count). The molecule has 1 saturated carbocycles. The average molecular weight is 198 g/mol. The van der Waals surface area contributed by atoms with Crippen molar-refractivity contribution in [3.63, 3.8) is 0 Å². The van der Waals surface area contributed by atoms with Crippen molar-refractivity contribution in [3.8, 4) is 0 Å². The average Bonchev–Trinajstić information content (AvgIpc) is 2.76. The lowest BCUT2D eigenvalue weighted by atomic mass is 10.00. The maximum atomic E-state index is 11.4. The monoisotopic (exact) mass is 198 g/mol. The number of rotatable bonds is 5. The third-order valence-electron chi connectivity index (χ3n) is 2.81. The Morgan fingerprint density at radius 1 is 1.50 bits per heavy atom. The molecule has 0 bridgehead atoms. The Hall–Kier alpha value is -0.570. The Labute approximate surface area is 86.4 Å². The molecule has 0 saturated heterocycles. The Bertz CT molecular complexity index is 203. The molecule has 3 N–H and O–H groups in total. The second-order valence-corrected chi connectivity index (χ2v) is 5.58. The van der Waals surface area contributed by atoms with E-state index >= 15 is 0 Å². The van der Waals surface area contributed by atoms with Crippen molar-refractivity contribution in [2.45, 2.75) is 52.0 Å². The molecule has 14 heavy (non-hydrogen) atoms. The van der Waals surface area contributed by atoms with Crippen LogP contribution in [0.15, 0.2) is 0 Å². The number of hydrogen-bond donors (Lipinski definition) is 2. The molecule has 0 heterocycles. The minimum absolute atomic E-state index is 0.136. The highest BCUT2D eigenvalue weighted by Crippen LogP contribution is 2.43. The van der Waals surface area contributed by atoms with E-state index in [2.05, 4.69) is 12.2 Å². The zero-order chi connectivity index (χ0) is 10.8. The van der Waals surface area contributed by atoms with E-state index in [1.54, 1.807) is 0 Å². The van der Waals surface area contributed by atoms with Crippen LogP contribution in [-0.2, 0) is 4.79 Å². The molecule has 3 nitrogen and oxygen atoms in total. The maximum absolute atomic E-state index is 11.4. The summed E-state index contributed by atoms with van der Waals surface area (Å²) in [5.41, 5.74) is 5.96. The van der Waals surface area contributed by atoms with Crippen molar-refractivity contribution >= 4 is 5.91 Å². The standard InChI is InChI=1S/C11H22N2O/c1-10(2,12)5-4-9(14)13-8-11(3)6-7-11/h4-8,12H2,1-3H3,(H,13,14). The quantitative estimate of drug-likeness (QED) is 0.702. The van der Waals surface area contributed by atoms with E-state index < -0.39 is 0 Å². The fraction of sp³-hybridized carbons (Fsp3) is 0.909. The molecule has 0 radical (unpaired) electrons. The molecule has 0 atom stereocenters. The van der Waals surface area contributed by atoms with Gasteiger partial charge >= 0.3 is 0 Å². The topological polar surface area (TPSA) is 55.1 Å². The summed E-state index contributed by atoms with van der Waals surface area (Å²) in [6.45, 7) is 6.93. The Morgan fingerprint density at radius 2 is 2.07 bits per heavy atom. The lowest BCUT2D eigenvalue weighted by Gasteiger charge is -2.18. The highest BCUT2D eigenvalue weighted by Gasteiger charge is 2.37. The molecule has 0 aromatic heterocycles. The van der Waals surface area contributed by atoms with Crippen molar-refractivity contribution in [2.24, 2.45) is 11.1 Å². The third-order valence-corrected chi connectivity index (χ3v) is 2.81. The zero-order valence-corrected chi connectivity index (χ0v) is 9.52. The van der Waals surface area contributed by atoms with Crippen molar-refractivity contribution in [1.29, 1.82) is 0 Å². The van der Waals surface area contributed by atoms with Gasteiger partial charge in [0, 0.05) is 18.5 Å². The fourth-order valence-electron chi connectivity index (χ4n) is 1.23. The molecule has 3 heteroatoms. The number of carbonyl (C=O) groups excluding carboxylic acids is 1. The summed E-state index contributed by atoms with van der Waals surface area (Å²) in [6, 6.07) is 0. The first-order chi connectivity index (χ1) is 6.31. The van der Waals surface area contributed by atoms with Crippen LogP contribution in [0.4, 0.5) is 0 Å². The molecule has 0 aliphatic heterocycles. The summed E-state index contributed by atoms with van der Waals surface area (Å²) in [4.78, 5) is 11.4. The van der Waals surface area contributed by atoms with Gasteiger partial charge in [0.05, 0.1) is 0 Å². The van der Waals surface area contributed by atoms with Gasteiger partial charge in [0.2, 0.25) is 5.91 Å². The van der Waals surface area contributed by atoms with Gasteiger partial charge in [0.25, 0.3) is 0 Å². The van der Waals surface area contributed by atoms with E-state index in [0.717, 1.165) is 13.0 Å². The molecule has 0 aromatic carbocycles. The summed E-state index contributed by atoms with van der Waals surface area (Å²) in [5, 5.41) is 2.96. The summed E-state index contributed by atoms with van der Waals surface area (Å²) < 4.78 is 0. The molecule has 0 aromatic rings. The normalized spacial score (nSPS) is 19.1. The first-order valence-corrected chi connectivity index (χ1v) is 5.36. The van der Waals surface area contributed by atoms with Crippen LogP contribution in [0.25, 0.3) is 0 Å². The lowest BCUT2D eigenvalue weighted by molar-refractivity contribution is -0.121. The van der Waals surface area contributed by atoms with Gasteiger partial charge in [-0.25, -0.2) is 0 Å². The van der Waals surface area contributed by atoms with Crippen molar-refractivity contribution < 1.29 is 4.79 Å². The highest BCUT2D eigenvalue weighted by atomic mass is 16.1. The molecule has 0 unspecified atom stereocenters. The number of hydrogen-bond acceptors (Lipinski definition) is 2. The summed E-state index contributed by atoms with van der Waals surface area (Å²) in [5.74, 6) is 0.136. The second kappa shape index (κ2) is 3.89. The molecule has 0 spiro atoms. The third kappa shape index (κ3) is 4.61. The van der Waals surface area contributed by atoms with E-state index in [1.165, 1.54) is 12.8 Å². The summed E-state index contributed by atoms with van der Waals surface area (Å²) >= 11 is 0. The molecule has 1 aliphatic rings. The van der Waals surface area contributed by atoms with Gasteiger partial charge < -0.3 is 11.1 Å². The predicted molar refractivity (Wildman–Crippen MR) is 57.9 cm³/mol. The van der Waals surface area contributed by atoms with Gasteiger partial charge in [0.1, 0.15) is 0 Å². The Morgan fingerprint density at radius 3 is 2.50 bits per heavy atom. The number of nitrogens with two attached hydrogens (primary N) is 1. The van der Waals surface area contributed by atoms with Gasteiger partial charge in [-0.3, -0.25) is 4.79 Å². The lowest BCUT2D eigenvalue weighted by Crippen LogP contribution is -2.35. The zero-order valence-electron chi connectivity index (χ0n) is 9.52. The van der Waals surface area contributed by atoms with Crippen molar-refractivity contribution in [3.05, 3.63) is 0 Å². The Balaban J connectivity index is 2.10. The Kier molecular flexibility index (Phi) is 3.20. The van der Waals surface area contributed by atoms with Gasteiger partial charge in [-0.15, -0.1) is 0 Å². The maximum Gasteiger partial charge on any atom is 0.220 e. The van der Waals surface area contributed by atoms with Gasteiger partial charge in [-0.2, -0.15) is 0 Å². The summed E-state index contributed by atoms with van der Waals surface area (Å²) in [7, 11) is 0. The van der Waals surface area contributed by atoms with Crippen LogP contribution in [0, 0.1) is 5.41 Å². The number of amides is 1. The molecular formula is C11H22N2O. The molecule has 1 aliphatic carbocycles. The van der Waals surface area contributed by atoms with Crippen LogP contribution in [0.5, 0.6) is 0 Å². The fourth-order valence-corrected chi connectivity index (χ4v) is 1.23. The molecule has 1 fully saturated rings. The van der Waals surface area contributed by atoms with E-state index in [0.29, 0.717) is 11.8 Å². The summed E-state index contributed by atoms with van der Waals surface area (Å²) in [6.07, 6.45) is 3.78. The van der Waals surface area contributed by atoms with E-state index in [1.807, 2.05) is 13.8 Å². The van der Waals surface area contributed by atoms with Gasteiger partial charge in [0.15, 0.2) is 0 Å². The molecular weight excluding hydrogens is 176 g/mol. The van der Waals surface area contributed by atoms with Crippen molar-refractivity contribution in [1.82, 2.24) is 5.32 Å². The van der Waals surface area contributed by atoms with Gasteiger partial charge in [-0.05, 0) is 38.5 Å². The highest BCUT2D eigenvalue weighted by molar-refractivity contribution is 5.76. The first-order valence-electron chi connectivity index (χ1n) is 5.36. The molecule has 82 valence electrons. The number of nitrogens with one attached hydrogen (secondary N) is 1. The number of carbonyl (C=O) groups is 1. The van der Waals surface area contributed by atoms with Gasteiger partial charge in [-0.1, -0.05) is 6.92 Å². The van der Waals surface area contributed by atoms with Crippen LogP contribution < -0.4 is 11.1 Å². The largest absolute Gasteiger partial charge is 0.356 e. The minimum atomic E-state index is -0.235.